The standard InChI is InChI=1S/C14H23N3O2/c1-19-10-9-17(8-7-15)12-14(18)16-11-13-5-3-2-4-6-13/h2-6H,7-12,15H2,1H3,(H,16,18). The number of nitrogens with two attached hydrogens (primary N) is 1. The zero-order valence-electron chi connectivity index (χ0n) is 11.5. The summed E-state index contributed by atoms with van der Waals surface area (Å²) in [6.07, 6.45) is 0. The van der Waals surface area contributed by atoms with E-state index in [4.69, 9.17) is 10.5 Å². The van der Waals surface area contributed by atoms with Crippen LogP contribution in [0.15, 0.2) is 30.3 Å². The molecule has 3 N–H and O–H groups in total. The first-order chi connectivity index (χ1) is 9.26. The fraction of sp³-hybridized carbons (Fsp3) is 0.500. The molecule has 1 aromatic rings. The van der Waals surface area contributed by atoms with Gasteiger partial charge >= 0.3 is 0 Å². The van der Waals surface area contributed by atoms with Crippen LogP contribution in [-0.2, 0) is 16.1 Å². The Labute approximate surface area is 114 Å². The van der Waals surface area contributed by atoms with Crippen LogP contribution in [0.1, 0.15) is 5.56 Å². The van der Waals surface area contributed by atoms with Gasteiger partial charge in [0.1, 0.15) is 0 Å². The lowest BCUT2D eigenvalue weighted by Crippen LogP contribution is -2.40. The van der Waals surface area contributed by atoms with Crippen molar-refractivity contribution in [1.29, 1.82) is 0 Å². The molecule has 1 aromatic carbocycles. The minimum atomic E-state index is 0.00778. The molecule has 0 aliphatic carbocycles. The molecule has 0 aromatic heterocycles. The third-order valence-electron chi connectivity index (χ3n) is 2.76. The number of amides is 1. The summed E-state index contributed by atoms with van der Waals surface area (Å²) < 4.78 is 5.02. The number of rotatable bonds is 9. The molecule has 0 bridgehead atoms. The monoisotopic (exact) mass is 265 g/mol. The second kappa shape index (κ2) is 9.49. The fourth-order valence-corrected chi connectivity index (χ4v) is 1.73. The Morgan fingerprint density at radius 1 is 1.32 bits per heavy atom. The van der Waals surface area contributed by atoms with E-state index < -0.39 is 0 Å². The number of hydrogen-bond donors (Lipinski definition) is 2. The van der Waals surface area contributed by atoms with Gasteiger partial charge in [-0.25, -0.2) is 0 Å². The van der Waals surface area contributed by atoms with Crippen molar-refractivity contribution in [3.05, 3.63) is 35.9 Å². The van der Waals surface area contributed by atoms with E-state index in [1.165, 1.54) is 0 Å². The van der Waals surface area contributed by atoms with Gasteiger partial charge in [-0.1, -0.05) is 30.3 Å². The van der Waals surface area contributed by atoms with E-state index in [0.717, 1.165) is 5.56 Å². The first kappa shape index (κ1) is 15.6. The summed E-state index contributed by atoms with van der Waals surface area (Å²) in [5, 5.41) is 2.90. The average molecular weight is 265 g/mol. The first-order valence-corrected chi connectivity index (χ1v) is 6.48. The molecule has 0 fully saturated rings. The Kier molecular flexibility index (Phi) is 7.81. The molecular weight excluding hydrogens is 242 g/mol. The molecule has 0 atom stereocenters. The van der Waals surface area contributed by atoms with Gasteiger partial charge in [-0.15, -0.1) is 0 Å². The summed E-state index contributed by atoms with van der Waals surface area (Å²) in [6, 6.07) is 9.85. The molecule has 0 aliphatic heterocycles. The van der Waals surface area contributed by atoms with Gasteiger partial charge < -0.3 is 15.8 Å². The van der Waals surface area contributed by atoms with Gasteiger partial charge in [-0.3, -0.25) is 9.69 Å². The summed E-state index contributed by atoms with van der Waals surface area (Å²) in [6.45, 7) is 3.46. The van der Waals surface area contributed by atoms with Gasteiger partial charge in [0, 0.05) is 33.3 Å². The van der Waals surface area contributed by atoms with E-state index in [1.54, 1.807) is 7.11 Å². The van der Waals surface area contributed by atoms with Crippen molar-refractivity contribution in [2.45, 2.75) is 6.54 Å². The highest BCUT2D eigenvalue weighted by Gasteiger charge is 2.09. The highest BCUT2D eigenvalue weighted by Crippen LogP contribution is 1.97. The molecule has 5 heteroatoms. The summed E-state index contributed by atoms with van der Waals surface area (Å²) >= 11 is 0. The minimum absolute atomic E-state index is 0.00778. The Morgan fingerprint density at radius 2 is 2.05 bits per heavy atom. The van der Waals surface area contributed by atoms with Crippen LogP contribution in [-0.4, -0.2) is 50.7 Å². The highest BCUT2D eigenvalue weighted by molar-refractivity contribution is 5.78. The number of carbonyl (C=O) groups excluding carboxylic acids is 1. The van der Waals surface area contributed by atoms with Crippen LogP contribution in [0.25, 0.3) is 0 Å². The van der Waals surface area contributed by atoms with E-state index in [2.05, 4.69) is 5.32 Å². The zero-order chi connectivity index (χ0) is 13.9. The van der Waals surface area contributed by atoms with Gasteiger partial charge in [0.15, 0.2) is 0 Å². The van der Waals surface area contributed by atoms with Crippen molar-refractivity contribution in [1.82, 2.24) is 10.2 Å². The topological polar surface area (TPSA) is 67.6 Å². The Hall–Kier alpha value is -1.43. The second-order valence-electron chi connectivity index (χ2n) is 4.32. The lowest BCUT2D eigenvalue weighted by Gasteiger charge is -2.20. The molecule has 0 heterocycles. The molecular formula is C14H23N3O2. The van der Waals surface area contributed by atoms with Crippen molar-refractivity contribution in [2.24, 2.45) is 5.73 Å². The van der Waals surface area contributed by atoms with Crippen LogP contribution in [0.2, 0.25) is 0 Å². The SMILES string of the molecule is COCCN(CCN)CC(=O)NCc1ccccc1. The van der Waals surface area contributed by atoms with Gasteiger partial charge in [0.2, 0.25) is 5.91 Å². The zero-order valence-corrected chi connectivity index (χ0v) is 11.5. The smallest absolute Gasteiger partial charge is 0.234 e. The molecule has 0 spiro atoms. The van der Waals surface area contributed by atoms with Gasteiger partial charge in [-0.05, 0) is 5.56 Å². The summed E-state index contributed by atoms with van der Waals surface area (Å²) in [7, 11) is 1.65. The predicted octanol–water partition coefficient (Wildman–Crippen LogP) is 0.210. The summed E-state index contributed by atoms with van der Waals surface area (Å²) in [4.78, 5) is 13.8. The van der Waals surface area contributed by atoms with Crippen molar-refractivity contribution in [2.75, 3.05) is 39.9 Å². The van der Waals surface area contributed by atoms with Gasteiger partial charge in [-0.2, -0.15) is 0 Å². The quantitative estimate of drug-likeness (QED) is 0.670. The maximum Gasteiger partial charge on any atom is 0.234 e. The van der Waals surface area contributed by atoms with Crippen LogP contribution in [0.5, 0.6) is 0 Å². The van der Waals surface area contributed by atoms with Crippen LogP contribution in [0.3, 0.4) is 0 Å². The van der Waals surface area contributed by atoms with Crippen LogP contribution < -0.4 is 11.1 Å². The Morgan fingerprint density at radius 3 is 2.68 bits per heavy atom. The summed E-state index contributed by atoms with van der Waals surface area (Å²) in [5.41, 5.74) is 6.62. The number of nitrogens with one attached hydrogen (secondary N) is 1. The van der Waals surface area contributed by atoms with Crippen LogP contribution in [0.4, 0.5) is 0 Å². The van der Waals surface area contributed by atoms with Crippen LogP contribution in [0, 0.1) is 0 Å². The van der Waals surface area contributed by atoms with E-state index in [9.17, 15) is 4.79 Å². The number of benzene rings is 1. The maximum absolute atomic E-state index is 11.8. The van der Waals surface area contributed by atoms with Crippen LogP contribution >= 0.6 is 0 Å². The maximum atomic E-state index is 11.8. The third-order valence-corrected chi connectivity index (χ3v) is 2.76. The molecule has 0 radical (unpaired) electrons. The van der Waals surface area contributed by atoms with E-state index in [0.29, 0.717) is 39.3 Å². The lowest BCUT2D eigenvalue weighted by atomic mass is 10.2. The molecule has 19 heavy (non-hydrogen) atoms. The second-order valence-corrected chi connectivity index (χ2v) is 4.32. The third kappa shape index (κ3) is 6.91. The van der Waals surface area contributed by atoms with Gasteiger partial charge in [0.05, 0.1) is 13.2 Å². The average Bonchev–Trinajstić information content (AvgIpc) is 2.44. The predicted molar refractivity (Wildman–Crippen MR) is 75.7 cm³/mol. The molecule has 0 saturated carbocycles. The highest BCUT2D eigenvalue weighted by atomic mass is 16.5. The van der Waals surface area contributed by atoms with E-state index in [-0.39, 0.29) is 5.91 Å². The van der Waals surface area contributed by atoms with E-state index >= 15 is 0 Å². The molecule has 5 nitrogen and oxygen atoms in total. The molecule has 0 saturated heterocycles. The number of methoxy groups -OCH3 is 1. The minimum Gasteiger partial charge on any atom is -0.383 e. The molecule has 106 valence electrons. The van der Waals surface area contributed by atoms with Gasteiger partial charge in [0.25, 0.3) is 0 Å². The Bertz CT molecular complexity index is 357. The number of carbonyl (C=O) groups is 1. The van der Waals surface area contributed by atoms with E-state index in [1.807, 2.05) is 35.2 Å². The Balaban J connectivity index is 2.31. The van der Waals surface area contributed by atoms with Crippen molar-refractivity contribution in [3.8, 4) is 0 Å². The molecule has 1 amide bonds. The summed E-state index contributed by atoms with van der Waals surface area (Å²) in [5.74, 6) is 0.00778. The first-order valence-electron chi connectivity index (χ1n) is 6.48. The number of nitrogens with zero attached hydrogens (tertiary/aromatic N) is 1. The number of hydrogen-bond acceptors (Lipinski definition) is 4. The number of ether oxygens (including phenoxy) is 1. The lowest BCUT2D eigenvalue weighted by molar-refractivity contribution is -0.122. The normalized spacial score (nSPS) is 10.7. The van der Waals surface area contributed by atoms with Crippen molar-refractivity contribution in [3.63, 3.8) is 0 Å². The van der Waals surface area contributed by atoms with Crippen molar-refractivity contribution >= 4 is 5.91 Å². The van der Waals surface area contributed by atoms with Crippen molar-refractivity contribution < 1.29 is 9.53 Å². The fourth-order valence-electron chi connectivity index (χ4n) is 1.73. The molecule has 0 aliphatic rings. The largest absolute Gasteiger partial charge is 0.383 e. The molecule has 1 rings (SSSR count). The molecule has 0 unspecified atom stereocenters.